The number of para-hydroxylation sites is 2. The van der Waals surface area contributed by atoms with Gasteiger partial charge in [0.15, 0.2) is 11.3 Å². The molecule has 212 valence electrons. The zero-order valence-corrected chi connectivity index (χ0v) is 23.2. The summed E-state index contributed by atoms with van der Waals surface area (Å²) in [7, 11) is -4.07. The number of quaternary nitrogens is 1. The number of carboxylic acids is 1. The van der Waals surface area contributed by atoms with Gasteiger partial charge < -0.3 is 26.0 Å². The first-order valence-electron chi connectivity index (χ1n) is 12.9. The van der Waals surface area contributed by atoms with Crippen molar-refractivity contribution in [3.8, 4) is 0 Å². The molecule has 0 unspecified atom stereocenters. The van der Waals surface area contributed by atoms with Gasteiger partial charge in [0.05, 0.1) is 11.4 Å². The van der Waals surface area contributed by atoms with Crippen LogP contribution in [0.2, 0.25) is 0 Å². The van der Waals surface area contributed by atoms with Crippen molar-refractivity contribution >= 4 is 39.2 Å². The Hall–Kier alpha value is -3.64. The Labute approximate surface area is 229 Å². The zero-order valence-electron chi connectivity index (χ0n) is 22.4. The molecule has 1 saturated heterocycles. The van der Waals surface area contributed by atoms with Crippen molar-refractivity contribution in [3.63, 3.8) is 0 Å². The number of nitrogens with zero attached hydrogens (tertiary/aromatic N) is 2. The monoisotopic (exact) mass is 560 g/mol. The van der Waals surface area contributed by atoms with Gasteiger partial charge >= 0.3 is 5.97 Å². The van der Waals surface area contributed by atoms with E-state index in [9.17, 15) is 22.8 Å². The van der Waals surface area contributed by atoms with E-state index in [2.05, 4.69) is 15.8 Å². The first-order valence-corrected chi connectivity index (χ1v) is 14.6. The van der Waals surface area contributed by atoms with E-state index in [0.717, 1.165) is 12.8 Å². The van der Waals surface area contributed by atoms with Crippen LogP contribution in [0.15, 0.2) is 54.6 Å². The number of aliphatic carboxylic acids is 1. The Balaban J connectivity index is 1.66. The van der Waals surface area contributed by atoms with Crippen LogP contribution in [0.4, 0.5) is 11.4 Å². The smallest absolute Gasteiger partial charge is 0.320 e. The first kappa shape index (κ1) is 29.9. The highest BCUT2D eigenvalue weighted by atomic mass is 32.2. The lowest BCUT2D eigenvalue weighted by molar-refractivity contribution is -0.446. The van der Waals surface area contributed by atoms with Crippen LogP contribution in [0, 0.1) is 0 Å². The largest absolute Gasteiger partial charge is 0.480 e. The summed E-state index contributed by atoms with van der Waals surface area (Å²) < 4.78 is 26.7. The minimum Gasteiger partial charge on any atom is -0.480 e. The van der Waals surface area contributed by atoms with Gasteiger partial charge in [-0.25, -0.2) is 8.42 Å². The number of rotatable bonds is 12. The molecular weight excluding hydrogens is 522 g/mol. The minimum absolute atomic E-state index is 0.157. The average Bonchev–Trinajstić information content (AvgIpc) is 2.87. The minimum atomic E-state index is -4.07. The lowest BCUT2D eigenvalue weighted by atomic mass is 10.0. The van der Waals surface area contributed by atoms with Gasteiger partial charge in [0.1, 0.15) is 6.04 Å². The van der Waals surface area contributed by atoms with Crippen LogP contribution >= 0.6 is 0 Å². The Kier molecular flexibility index (Phi) is 9.92. The number of sulfonamides is 1. The van der Waals surface area contributed by atoms with Gasteiger partial charge in [-0.15, -0.1) is 0 Å². The molecule has 0 saturated carbocycles. The number of carboxylic acid groups (broad SMARTS) is 1. The molecule has 1 aliphatic heterocycles. The van der Waals surface area contributed by atoms with Crippen LogP contribution in [0.25, 0.3) is 0 Å². The number of aryl methyl sites for hydroxylation is 1. The van der Waals surface area contributed by atoms with E-state index in [-0.39, 0.29) is 17.5 Å². The third kappa shape index (κ3) is 8.96. The quantitative estimate of drug-likeness (QED) is 0.297. The van der Waals surface area contributed by atoms with Crippen molar-refractivity contribution in [1.82, 2.24) is 10.2 Å². The van der Waals surface area contributed by atoms with Gasteiger partial charge in [-0.05, 0) is 50.8 Å². The molecule has 2 aromatic rings. The molecule has 0 aromatic heterocycles. The molecule has 1 heterocycles. The standard InChI is InChI=1S/C27H37N5O6S/c1-27(2,28)26(36)29-22(13-8-11-20-9-4-3-5-10-20)25(35)32-17-15-31(16-18-32)23-14-7-6-12-21(23)30-39(37,38)19-24(33)34/h3-7,9-10,12,14,22,30H,8,11,13,15-19,28H2,1-2H3,(H,29,36)(H,33,34)/p+1/t22-/m1/s1. The summed E-state index contributed by atoms with van der Waals surface area (Å²) >= 11 is 0. The molecule has 0 radical (unpaired) electrons. The topological polar surface area (TPSA) is 164 Å². The summed E-state index contributed by atoms with van der Waals surface area (Å²) in [5.74, 6) is -2.93. The number of nitrogens with one attached hydrogen (secondary N) is 2. The summed E-state index contributed by atoms with van der Waals surface area (Å²) in [6.07, 6.45) is 2.00. The van der Waals surface area contributed by atoms with Gasteiger partial charge in [-0.3, -0.25) is 19.1 Å². The summed E-state index contributed by atoms with van der Waals surface area (Å²) in [6.45, 7) is 5.05. The van der Waals surface area contributed by atoms with Crippen molar-refractivity contribution < 1.29 is 33.6 Å². The molecule has 0 aliphatic carbocycles. The third-order valence-corrected chi connectivity index (χ3v) is 7.59. The SMILES string of the molecule is CC(C)([NH3+])C(=O)N[C@H](CCCc1ccccc1)C(=O)N1CCN(c2ccccc2NS(=O)(=O)CC(=O)O)CC1. The molecular formula is C27H38N5O6S+. The summed E-state index contributed by atoms with van der Waals surface area (Å²) in [6, 6.07) is 16.0. The van der Waals surface area contributed by atoms with E-state index in [4.69, 9.17) is 5.11 Å². The predicted molar refractivity (Wildman–Crippen MR) is 149 cm³/mol. The fraction of sp³-hybridized carbons (Fsp3) is 0.444. The lowest BCUT2D eigenvalue weighted by Crippen LogP contribution is -2.76. The highest BCUT2D eigenvalue weighted by molar-refractivity contribution is 7.93. The second kappa shape index (κ2) is 12.9. The number of amides is 2. The molecule has 2 aromatic carbocycles. The van der Waals surface area contributed by atoms with Gasteiger partial charge in [-0.1, -0.05) is 42.5 Å². The van der Waals surface area contributed by atoms with Crippen molar-refractivity contribution in [2.75, 3.05) is 41.6 Å². The second-order valence-electron chi connectivity index (χ2n) is 10.4. The van der Waals surface area contributed by atoms with E-state index < -0.39 is 33.3 Å². The van der Waals surface area contributed by atoms with Crippen LogP contribution < -0.4 is 20.7 Å². The highest BCUT2D eigenvalue weighted by Crippen LogP contribution is 2.28. The number of hydrogen-bond donors (Lipinski definition) is 4. The fourth-order valence-corrected chi connectivity index (χ4v) is 5.26. The van der Waals surface area contributed by atoms with Gasteiger partial charge in [0, 0.05) is 26.2 Å². The molecule has 12 heteroatoms. The van der Waals surface area contributed by atoms with E-state index in [1.807, 2.05) is 35.2 Å². The van der Waals surface area contributed by atoms with E-state index in [1.165, 1.54) is 5.56 Å². The molecule has 39 heavy (non-hydrogen) atoms. The molecule has 6 N–H and O–H groups in total. The van der Waals surface area contributed by atoms with Crippen LogP contribution in [0.5, 0.6) is 0 Å². The average molecular weight is 561 g/mol. The molecule has 1 aliphatic rings. The van der Waals surface area contributed by atoms with Crippen molar-refractivity contribution in [1.29, 1.82) is 0 Å². The Morgan fingerprint density at radius 2 is 1.62 bits per heavy atom. The predicted octanol–water partition coefficient (Wildman–Crippen LogP) is 0.690. The third-order valence-electron chi connectivity index (χ3n) is 6.43. The maximum atomic E-state index is 13.5. The van der Waals surface area contributed by atoms with Crippen molar-refractivity contribution in [2.45, 2.75) is 44.7 Å². The number of benzene rings is 2. The maximum Gasteiger partial charge on any atom is 0.320 e. The van der Waals surface area contributed by atoms with E-state index >= 15 is 0 Å². The lowest BCUT2D eigenvalue weighted by Gasteiger charge is -2.38. The van der Waals surface area contributed by atoms with E-state index in [1.54, 1.807) is 43.0 Å². The van der Waals surface area contributed by atoms with Crippen LogP contribution in [0.1, 0.15) is 32.3 Å². The first-order chi connectivity index (χ1) is 18.4. The maximum absolute atomic E-state index is 13.5. The van der Waals surface area contributed by atoms with Crippen LogP contribution in [0.3, 0.4) is 0 Å². The second-order valence-corrected chi connectivity index (χ2v) is 12.1. The summed E-state index contributed by atoms with van der Waals surface area (Å²) in [5.41, 5.74) is 5.06. The van der Waals surface area contributed by atoms with Gasteiger partial charge in [0.25, 0.3) is 5.91 Å². The summed E-state index contributed by atoms with van der Waals surface area (Å²) in [4.78, 5) is 40.8. The zero-order chi connectivity index (χ0) is 28.6. The number of carbonyl (C=O) groups is 3. The highest BCUT2D eigenvalue weighted by Gasteiger charge is 2.34. The van der Waals surface area contributed by atoms with Gasteiger partial charge in [0.2, 0.25) is 15.9 Å². The molecule has 0 spiro atoms. The normalized spacial score (nSPS) is 14.9. The van der Waals surface area contributed by atoms with E-state index in [0.29, 0.717) is 38.3 Å². The van der Waals surface area contributed by atoms with Gasteiger partial charge in [-0.2, -0.15) is 0 Å². The molecule has 0 bridgehead atoms. The summed E-state index contributed by atoms with van der Waals surface area (Å²) in [5, 5.41) is 11.8. The molecule has 1 atom stereocenters. The Morgan fingerprint density at radius 3 is 2.23 bits per heavy atom. The fourth-order valence-electron chi connectivity index (χ4n) is 4.36. The number of piperazine rings is 1. The molecule has 1 fully saturated rings. The van der Waals surface area contributed by atoms with Crippen LogP contribution in [-0.4, -0.2) is 79.7 Å². The van der Waals surface area contributed by atoms with Crippen LogP contribution in [-0.2, 0) is 30.8 Å². The molecule has 3 rings (SSSR count). The number of hydrogen-bond acceptors (Lipinski definition) is 6. The molecule has 11 nitrogen and oxygen atoms in total. The van der Waals surface area contributed by atoms with Crippen molar-refractivity contribution in [3.05, 3.63) is 60.2 Å². The Morgan fingerprint density at radius 1 is 1.00 bits per heavy atom. The number of anilines is 2. The number of carbonyl (C=O) groups excluding carboxylic acids is 2. The van der Waals surface area contributed by atoms with Crippen molar-refractivity contribution in [2.24, 2.45) is 0 Å². The molecule has 2 amide bonds. The Bertz CT molecular complexity index is 1250.